The summed E-state index contributed by atoms with van der Waals surface area (Å²) in [5, 5.41) is 18.2. The smallest absolute Gasteiger partial charge is 0.319 e. The third-order valence-electron chi connectivity index (χ3n) is 4.10. The van der Waals surface area contributed by atoms with Crippen molar-refractivity contribution in [3.05, 3.63) is 64.4 Å². The van der Waals surface area contributed by atoms with Crippen molar-refractivity contribution in [3.63, 3.8) is 0 Å². The molecule has 6 nitrogen and oxygen atoms in total. The molecule has 4 N–H and O–H groups in total. The first kappa shape index (κ1) is 19.1. The highest BCUT2D eigenvalue weighted by molar-refractivity contribution is 6.34. The highest BCUT2D eigenvalue weighted by Crippen LogP contribution is 2.24. The first-order valence-electron chi connectivity index (χ1n) is 8.52. The summed E-state index contributed by atoms with van der Waals surface area (Å²) in [5.74, 6) is -0.835. The fourth-order valence-corrected chi connectivity index (χ4v) is 2.69. The maximum absolute atomic E-state index is 13.6. The molecule has 0 bridgehead atoms. The normalized spacial score (nSPS) is 14.3. The molecular weight excluding hydrogens is 373 g/mol. The average Bonchev–Trinajstić information content (AvgIpc) is 3.45. The van der Waals surface area contributed by atoms with Crippen LogP contribution < -0.4 is 16.0 Å². The second-order valence-corrected chi connectivity index (χ2v) is 6.72. The number of rotatable bonds is 6. The third kappa shape index (κ3) is 5.18. The van der Waals surface area contributed by atoms with Crippen molar-refractivity contribution in [2.24, 2.45) is 0 Å². The Hall–Kier alpha value is -2.64. The number of amides is 3. The Morgan fingerprint density at radius 2 is 1.96 bits per heavy atom. The van der Waals surface area contributed by atoms with Gasteiger partial charge in [0.25, 0.3) is 5.91 Å². The highest BCUT2D eigenvalue weighted by atomic mass is 35.5. The van der Waals surface area contributed by atoms with Crippen molar-refractivity contribution < 1.29 is 19.1 Å². The van der Waals surface area contributed by atoms with Gasteiger partial charge in [-0.1, -0.05) is 29.8 Å². The minimum Gasteiger partial charge on any atom is -0.386 e. The lowest BCUT2D eigenvalue weighted by Crippen LogP contribution is -2.32. The number of hydrogen-bond acceptors (Lipinski definition) is 3. The van der Waals surface area contributed by atoms with Crippen LogP contribution in [0.3, 0.4) is 0 Å². The maximum Gasteiger partial charge on any atom is 0.319 e. The van der Waals surface area contributed by atoms with Crippen LogP contribution in [0.25, 0.3) is 0 Å². The number of aliphatic hydroxyl groups is 1. The van der Waals surface area contributed by atoms with E-state index in [2.05, 4.69) is 16.0 Å². The molecule has 1 saturated carbocycles. The summed E-state index contributed by atoms with van der Waals surface area (Å²) >= 11 is 6.06. The van der Waals surface area contributed by atoms with E-state index in [1.807, 2.05) is 0 Å². The van der Waals surface area contributed by atoms with E-state index in [-0.39, 0.29) is 34.6 Å². The van der Waals surface area contributed by atoms with Crippen molar-refractivity contribution in [3.8, 4) is 0 Å². The Morgan fingerprint density at radius 1 is 1.22 bits per heavy atom. The Balaban J connectivity index is 1.57. The molecule has 1 atom stereocenters. The van der Waals surface area contributed by atoms with Crippen LogP contribution in [0.4, 0.5) is 14.9 Å². The van der Waals surface area contributed by atoms with E-state index in [4.69, 9.17) is 11.6 Å². The molecule has 0 radical (unpaired) electrons. The van der Waals surface area contributed by atoms with Gasteiger partial charge in [0, 0.05) is 23.8 Å². The van der Waals surface area contributed by atoms with Gasteiger partial charge < -0.3 is 21.1 Å². The fraction of sp³-hybridized carbons (Fsp3) is 0.263. The van der Waals surface area contributed by atoms with Crippen LogP contribution in [0.15, 0.2) is 42.5 Å². The van der Waals surface area contributed by atoms with Gasteiger partial charge in [-0.05, 0) is 37.1 Å². The van der Waals surface area contributed by atoms with Crippen molar-refractivity contribution in [1.82, 2.24) is 10.6 Å². The zero-order valence-electron chi connectivity index (χ0n) is 14.3. The molecule has 1 aliphatic carbocycles. The first-order chi connectivity index (χ1) is 12.9. The molecule has 0 aromatic heterocycles. The highest BCUT2D eigenvalue weighted by Gasteiger charge is 2.25. The summed E-state index contributed by atoms with van der Waals surface area (Å²) in [4.78, 5) is 24.2. The molecule has 1 unspecified atom stereocenters. The number of anilines is 1. The Kier molecular flexibility index (Phi) is 5.93. The molecule has 2 aromatic carbocycles. The average molecular weight is 392 g/mol. The molecule has 0 heterocycles. The molecular formula is C19H19ClFN3O3. The molecule has 0 aliphatic heterocycles. The molecule has 142 valence electrons. The number of urea groups is 1. The topological polar surface area (TPSA) is 90.5 Å². The van der Waals surface area contributed by atoms with E-state index in [1.165, 1.54) is 30.3 Å². The molecule has 3 amide bonds. The SMILES string of the molecule is O=C(NCC(O)c1ccccc1F)Nc1ccc(Cl)c(C(=O)NC2CC2)c1. The zero-order chi connectivity index (χ0) is 19.4. The number of benzene rings is 2. The summed E-state index contributed by atoms with van der Waals surface area (Å²) in [5.41, 5.74) is 0.745. The van der Waals surface area contributed by atoms with Crippen molar-refractivity contribution in [1.29, 1.82) is 0 Å². The van der Waals surface area contributed by atoms with Crippen molar-refractivity contribution >= 4 is 29.2 Å². The predicted octanol–water partition coefficient (Wildman–Crippen LogP) is 3.23. The summed E-state index contributed by atoms with van der Waals surface area (Å²) in [6, 6.07) is 9.95. The van der Waals surface area contributed by atoms with Crippen LogP contribution in [0.1, 0.15) is 34.9 Å². The van der Waals surface area contributed by atoms with Gasteiger partial charge in [-0.3, -0.25) is 4.79 Å². The predicted molar refractivity (Wildman–Crippen MR) is 100 cm³/mol. The molecule has 3 rings (SSSR count). The van der Waals surface area contributed by atoms with Gasteiger partial charge in [0.2, 0.25) is 0 Å². The minimum atomic E-state index is -1.18. The first-order valence-corrected chi connectivity index (χ1v) is 8.89. The van der Waals surface area contributed by atoms with E-state index in [0.717, 1.165) is 12.8 Å². The molecule has 0 saturated heterocycles. The number of carbonyl (C=O) groups is 2. The lowest BCUT2D eigenvalue weighted by atomic mass is 10.1. The Bertz CT molecular complexity index is 858. The number of nitrogens with one attached hydrogen (secondary N) is 3. The van der Waals surface area contributed by atoms with Gasteiger partial charge in [0.05, 0.1) is 16.7 Å². The minimum absolute atomic E-state index is 0.100. The maximum atomic E-state index is 13.6. The van der Waals surface area contributed by atoms with Crippen LogP contribution in [0.2, 0.25) is 5.02 Å². The second kappa shape index (κ2) is 8.37. The molecule has 1 fully saturated rings. The van der Waals surface area contributed by atoms with Crippen molar-refractivity contribution in [2.75, 3.05) is 11.9 Å². The Morgan fingerprint density at radius 3 is 2.67 bits per heavy atom. The fourth-order valence-electron chi connectivity index (χ4n) is 2.49. The largest absolute Gasteiger partial charge is 0.386 e. The van der Waals surface area contributed by atoms with Gasteiger partial charge in [0.15, 0.2) is 0 Å². The second-order valence-electron chi connectivity index (χ2n) is 6.31. The van der Waals surface area contributed by atoms with Crippen LogP contribution in [0, 0.1) is 5.82 Å². The van der Waals surface area contributed by atoms with Gasteiger partial charge >= 0.3 is 6.03 Å². The van der Waals surface area contributed by atoms with Gasteiger partial charge in [-0.15, -0.1) is 0 Å². The van der Waals surface area contributed by atoms with Crippen LogP contribution in [-0.2, 0) is 0 Å². The van der Waals surface area contributed by atoms with Crippen LogP contribution in [0.5, 0.6) is 0 Å². The lowest BCUT2D eigenvalue weighted by Gasteiger charge is -2.14. The van der Waals surface area contributed by atoms with Crippen LogP contribution >= 0.6 is 11.6 Å². The third-order valence-corrected chi connectivity index (χ3v) is 4.43. The van der Waals surface area contributed by atoms with E-state index < -0.39 is 18.0 Å². The zero-order valence-corrected chi connectivity index (χ0v) is 15.1. The summed E-state index contributed by atoms with van der Waals surface area (Å²) in [6.45, 7) is -0.171. The summed E-state index contributed by atoms with van der Waals surface area (Å²) < 4.78 is 13.6. The molecule has 8 heteroatoms. The van der Waals surface area contributed by atoms with E-state index in [1.54, 1.807) is 12.1 Å². The van der Waals surface area contributed by atoms with Gasteiger partial charge in [0.1, 0.15) is 5.82 Å². The number of hydrogen-bond donors (Lipinski definition) is 4. The van der Waals surface area contributed by atoms with E-state index in [0.29, 0.717) is 5.69 Å². The molecule has 27 heavy (non-hydrogen) atoms. The number of aliphatic hydroxyl groups excluding tert-OH is 1. The van der Waals surface area contributed by atoms with E-state index in [9.17, 15) is 19.1 Å². The number of halogens is 2. The van der Waals surface area contributed by atoms with Crippen molar-refractivity contribution in [2.45, 2.75) is 25.0 Å². The molecule has 2 aromatic rings. The quantitative estimate of drug-likeness (QED) is 0.609. The lowest BCUT2D eigenvalue weighted by molar-refractivity contribution is 0.0951. The van der Waals surface area contributed by atoms with E-state index >= 15 is 0 Å². The molecule has 0 spiro atoms. The van der Waals surface area contributed by atoms with Gasteiger partial charge in [-0.2, -0.15) is 0 Å². The van der Waals surface area contributed by atoms with Crippen LogP contribution in [-0.4, -0.2) is 29.6 Å². The monoisotopic (exact) mass is 391 g/mol. The summed E-state index contributed by atoms with van der Waals surface area (Å²) in [7, 11) is 0. The van der Waals surface area contributed by atoms with Gasteiger partial charge in [-0.25, -0.2) is 9.18 Å². The number of carbonyl (C=O) groups excluding carboxylic acids is 2. The standard InChI is InChI=1S/C19H19ClFN3O3/c20-15-8-7-12(9-14(15)18(26)23-11-5-6-11)24-19(27)22-10-17(25)13-3-1-2-4-16(13)21/h1-4,7-9,11,17,25H,5-6,10H2,(H,23,26)(H2,22,24,27). The molecule has 1 aliphatic rings. The summed E-state index contributed by atoms with van der Waals surface area (Å²) in [6.07, 6.45) is 0.726. The Labute approximate surface area is 160 Å².